The van der Waals surface area contributed by atoms with E-state index in [4.69, 9.17) is 23.4 Å². The Morgan fingerprint density at radius 1 is 1.00 bits per heavy atom. The standard InChI is InChI=1S/C25H24N2O7S2/c1-30-18-7-5-16(14-20(18)31-2)9-10-26-24-25(27-23(34-24)22-4-3-13-35-22)36(28,29)17-6-8-19-21(15-17)33-12-11-32-19/h3-8,13-15,26H,9-12H2,1-2H3. The van der Waals surface area contributed by atoms with Crippen molar-refractivity contribution in [2.75, 3.05) is 39.3 Å². The molecule has 0 saturated heterocycles. The van der Waals surface area contributed by atoms with Gasteiger partial charge in [-0.05, 0) is 47.7 Å². The van der Waals surface area contributed by atoms with Crippen molar-refractivity contribution in [2.24, 2.45) is 0 Å². The van der Waals surface area contributed by atoms with E-state index in [9.17, 15) is 8.42 Å². The smallest absolute Gasteiger partial charge is 0.240 e. The van der Waals surface area contributed by atoms with Crippen LogP contribution >= 0.6 is 11.3 Å². The van der Waals surface area contributed by atoms with Gasteiger partial charge in [-0.3, -0.25) is 0 Å². The fourth-order valence-electron chi connectivity index (χ4n) is 3.76. The van der Waals surface area contributed by atoms with Gasteiger partial charge in [0.2, 0.25) is 26.6 Å². The molecule has 188 valence electrons. The summed E-state index contributed by atoms with van der Waals surface area (Å²) < 4.78 is 54.9. The van der Waals surface area contributed by atoms with Crippen molar-refractivity contribution in [3.05, 3.63) is 59.5 Å². The van der Waals surface area contributed by atoms with E-state index in [1.54, 1.807) is 20.3 Å². The Morgan fingerprint density at radius 3 is 2.56 bits per heavy atom. The maximum atomic E-state index is 13.6. The fourth-order valence-corrected chi connectivity index (χ4v) is 5.71. The highest BCUT2D eigenvalue weighted by Gasteiger charge is 2.30. The van der Waals surface area contributed by atoms with Crippen LogP contribution in [0.3, 0.4) is 0 Å². The van der Waals surface area contributed by atoms with Crippen LogP contribution in [0.2, 0.25) is 0 Å². The molecule has 2 aromatic heterocycles. The number of benzene rings is 2. The lowest BCUT2D eigenvalue weighted by Gasteiger charge is -2.18. The molecule has 0 amide bonds. The second kappa shape index (κ2) is 10.1. The molecule has 0 spiro atoms. The summed E-state index contributed by atoms with van der Waals surface area (Å²) in [6.07, 6.45) is 0.582. The zero-order chi connectivity index (χ0) is 25.1. The highest BCUT2D eigenvalue weighted by atomic mass is 32.2. The van der Waals surface area contributed by atoms with E-state index in [0.29, 0.717) is 49.2 Å². The molecule has 3 heterocycles. The number of sulfone groups is 1. The number of aromatic nitrogens is 1. The first kappa shape index (κ1) is 24.0. The SMILES string of the molecule is COc1ccc(CCNc2oc(-c3cccs3)nc2S(=O)(=O)c2ccc3c(c2)OCCO3)cc1OC. The molecule has 11 heteroatoms. The van der Waals surface area contributed by atoms with Crippen LogP contribution in [-0.4, -0.2) is 47.4 Å². The second-order valence-electron chi connectivity index (χ2n) is 7.81. The van der Waals surface area contributed by atoms with Gasteiger partial charge in [0.15, 0.2) is 23.0 Å². The predicted molar refractivity (Wildman–Crippen MR) is 134 cm³/mol. The summed E-state index contributed by atoms with van der Waals surface area (Å²) in [6.45, 7) is 1.17. The van der Waals surface area contributed by atoms with Gasteiger partial charge < -0.3 is 28.7 Å². The number of hydrogen-bond donors (Lipinski definition) is 1. The van der Waals surface area contributed by atoms with E-state index >= 15 is 0 Å². The number of ether oxygens (including phenoxy) is 4. The van der Waals surface area contributed by atoms with E-state index in [1.165, 1.54) is 23.5 Å². The number of anilines is 1. The Hall–Kier alpha value is -3.70. The Labute approximate surface area is 212 Å². The van der Waals surface area contributed by atoms with E-state index in [-0.39, 0.29) is 21.7 Å². The Balaban J connectivity index is 1.43. The first-order valence-electron chi connectivity index (χ1n) is 11.1. The van der Waals surface area contributed by atoms with Crippen LogP contribution in [0.1, 0.15) is 5.56 Å². The minimum atomic E-state index is -4.02. The average Bonchev–Trinajstić information content (AvgIpc) is 3.59. The van der Waals surface area contributed by atoms with Gasteiger partial charge in [0.1, 0.15) is 13.2 Å². The molecule has 0 saturated carbocycles. The van der Waals surface area contributed by atoms with Crippen LogP contribution in [0.4, 0.5) is 5.88 Å². The molecule has 36 heavy (non-hydrogen) atoms. The van der Waals surface area contributed by atoms with E-state index < -0.39 is 9.84 Å². The number of rotatable bonds is 9. The first-order chi connectivity index (χ1) is 17.5. The Morgan fingerprint density at radius 2 is 1.81 bits per heavy atom. The van der Waals surface area contributed by atoms with E-state index in [2.05, 4.69) is 10.3 Å². The number of thiophene rings is 1. The van der Waals surface area contributed by atoms with Crippen LogP contribution in [0.5, 0.6) is 23.0 Å². The Bertz CT molecular complexity index is 1460. The van der Waals surface area contributed by atoms with Crippen LogP contribution in [0.15, 0.2) is 68.2 Å². The van der Waals surface area contributed by atoms with Gasteiger partial charge >= 0.3 is 0 Å². The molecule has 1 aliphatic rings. The predicted octanol–water partition coefficient (Wildman–Crippen LogP) is 4.68. The summed E-state index contributed by atoms with van der Waals surface area (Å²) in [5.74, 6) is 2.46. The third-order valence-electron chi connectivity index (χ3n) is 5.55. The van der Waals surface area contributed by atoms with E-state index in [1.807, 2.05) is 35.7 Å². The lowest BCUT2D eigenvalue weighted by atomic mass is 10.1. The van der Waals surface area contributed by atoms with Crippen molar-refractivity contribution < 1.29 is 31.8 Å². The summed E-state index contributed by atoms with van der Waals surface area (Å²) in [7, 11) is -0.863. The monoisotopic (exact) mass is 528 g/mol. The number of oxazole rings is 1. The number of nitrogens with zero attached hydrogens (tertiary/aromatic N) is 1. The van der Waals surface area contributed by atoms with Crippen molar-refractivity contribution >= 4 is 27.1 Å². The largest absolute Gasteiger partial charge is 0.493 e. The molecule has 0 aliphatic carbocycles. The van der Waals surface area contributed by atoms with Crippen LogP contribution < -0.4 is 24.3 Å². The van der Waals surface area contributed by atoms with Crippen molar-refractivity contribution in [3.8, 4) is 33.8 Å². The van der Waals surface area contributed by atoms with Gasteiger partial charge in [-0.15, -0.1) is 11.3 Å². The van der Waals surface area contributed by atoms with Crippen LogP contribution in [-0.2, 0) is 16.3 Å². The summed E-state index contributed by atoms with van der Waals surface area (Å²) >= 11 is 1.41. The summed E-state index contributed by atoms with van der Waals surface area (Å²) in [5.41, 5.74) is 0.981. The number of hydrogen-bond acceptors (Lipinski definition) is 10. The second-order valence-corrected chi connectivity index (χ2v) is 10.6. The zero-order valence-corrected chi connectivity index (χ0v) is 21.3. The van der Waals surface area contributed by atoms with Gasteiger partial charge in [0.25, 0.3) is 0 Å². The molecule has 5 rings (SSSR count). The summed E-state index contributed by atoms with van der Waals surface area (Å²) in [5, 5.41) is 4.81. The molecule has 1 aliphatic heterocycles. The van der Waals surface area contributed by atoms with Crippen molar-refractivity contribution in [3.63, 3.8) is 0 Å². The van der Waals surface area contributed by atoms with Crippen molar-refractivity contribution in [1.82, 2.24) is 4.98 Å². The molecule has 0 radical (unpaired) electrons. The maximum absolute atomic E-state index is 13.6. The fraction of sp³-hybridized carbons (Fsp3) is 0.240. The van der Waals surface area contributed by atoms with Gasteiger partial charge in [-0.2, -0.15) is 4.98 Å². The average molecular weight is 529 g/mol. The normalized spacial score (nSPS) is 12.8. The number of methoxy groups -OCH3 is 2. The third-order valence-corrected chi connectivity index (χ3v) is 8.07. The topological polar surface area (TPSA) is 109 Å². The zero-order valence-electron chi connectivity index (χ0n) is 19.6. The maximum Gasteiger partial charge on any atom is 0.240 e. The Kier molecular flexibility index (Phi) is 6.75. The molecule has 2 aromatic carbocycles. The highest BCUT2D eigenvalue weighted by Crippen LogP contribution is 2.38. The van der Waals surface area contributed by atoms with E-state index in [0.717, 1.165) is 10.4 Å². The van der Waals surface area contributed by atoms with Crippen LogP contribution in [0, 0.1) is 0 Å². The first-order valence-corrected chi connectivity index (χ1v) is 13.5. The molecule has 0 fully saturated rings. The van der Waals surface area contributed by atoms with Gasteiger partial charge in [0, 0.05) is 12.6 Å². The van der Waals surface area contributed by atoms with Gasteiger partial charge in [-0.1, -0.05) is 12.1 Å². The van der Waals surface area contributed by atoms with Crippen molar-refractivity contribution in [2.45, 2.75) is 16.3 Å². The molecule has 9 nitrogen and oxygen atoms in total. The minimum absolute atomic E-state index is 0.0423. The van der Waals surface area contributed by atoms with Gasteiger partial charge in [-0.25, -0.2) is 8.42 Å². The van der Waals surface area contributed by atoms with Gasteiger partial charge in [0.05, 0.1) is 24.0 Å². The van der Waals surface area contributed by atoms with Crippen LogP contribution in [0.25, 0.3) is 10.8 Å². The quantitative estimate of drug-likeness (QED) is 0.331. The molecule has 0 atom stereocenters. The summed E-state index contributed by atoms with van der Waals surface area (Å²) in [4.78, 5) is 5.14. The number of nitrogens with one attached hydrogen (secondary N) is 1. The minimum Gasteiger partial charge on any atom is -0.493 e. The summed E-state index contributed by atoms with van der Waals surface area (Å²) in [6, 6.07) is 13.8. The molecule has 0 unspecified atom stereocenters. The lowest BCUT2D eigenvalue weighted by Crippen LogP contribution is -2.16. The van der Waals surface area contributed by atoms with Crippen molar-refractivity contribution in [1.29, 1.82) is 0 Å². The number of fused-ring (bicyclic) bond motifs is 1. The molecule has 1 N–H and O–H groups in total. The highest BCUT2D eigenvalue weighted by molar-refractivity contribution is 7.91. The molecular formula is C25H24N2O7S2. The third kappa shape index (κ3) is 4.71. The lowest BCUT2D eigenvalue weighted by molar-refractivity contribution is 0.171. The molecular weight excluding hydrogens is 504 g/mol. The molecule has 0 bridgehead atoms. The molecule has 4 aromatic rings.